The second-order valence-corrected chi connectivity index (χ2v) is 6.62. The van der Waals surface area contributed by atoms with Crippen LogP contribution in [0, 0.1) is 11.8 Å². The summed E-state index contributed by atoms with van der Waals surface area (Å²) in [6.45, 7) is 3.13. The number of nitrogens with zero attached hydrogens (tertiary/aromatic N) is 4. The number of pyridine rings is 1. The second kappa shape index (κ2) is 6.10. The lowest BCUT2D eigenvalue weighted by molar-refractivity contribution is 0.685. The minimum Gasteiger partial charge on any atom is -0.354 e. The largest absolute Gasteiger partial charge is 0.354 e. The van der Waals surface area contributed by atoms with Gasteiger partial charge in [0.1, 0.15) is 5.69 Å². The van der Waals surface area contributed by atoms with E-state index >= 15 is 0 Å². The van der Waals surface area contributed by atoms with Gasteiger partial charge >= 0.3 is 0 Å². The molecule has 0 radical (unpaired) electrons. The van der Waals surface area contributed by atoms with Gasteiger partial charge in [-0.15, -0.1) is 0 Å². The number of hydrogen-bond donors (Lipinski definition) is 2. The van der Waals surface area contributed by atoms with Crippen molar-refractivity contribution in [3.05, 3.63) is 24.4 Å². The average molecular weight is 310 g/mol. The summed E-state index contributed by atoms with van der Waals surface area (Å²) >= 11 is 0. The maximum Gasteiger partial charge on any atom is 0.228 e. The Bertz CT molecular complexity index is 666. The van der Waals surface area contributed by atoms with Gasteiger partial charge in [-0.25, -0.2) is 0 Å². The molecule has 2 N–H and O–H groups in total. The van der Waals surface area contributed by atoms with E-state index in [2.05, 4.69) is 37.5 Å². The highest BCUT2D eigenvalue weighted by molar-refractivity contribution is 5.53. The van der Waals surface area contributed by atoms with Crippen molar-refractivity contribution >= 4 is 11.9 Å². The van der Waals surface area contributed by atoms with E-state index in [0.29, 0.717) is 23.8 Å². The van der Waals surface area contributed by atoms with Crippen molar-refractivity contribution in [2.75, 3.05) is 17.2 Å². The van der Waals surface area contributed by atoms with Crippen LogP contribution in [0.4, 0.5) is 11.9 Å². The molecule has 23 heavy (non-hydrogen) atoms. The van der Waals surface area contributed by atoms with Crippen LogP contribution in [-0.2, 0) is 0 Å². The fourth-order valence-corrected chi connectivity index (χ4v) is 2.60. The molecule has 2 aliphatic rings. The second-order valence-electron chi connectivity index (χ2n) is 6.62. The molecule has 0 saturated heterocycles. The minimum atomic E-state index is 0.394. The zero-order valence-corrected chi connectivity index (χ0v) is 13.4. The highest BCUT2D eigenvalue weighted by Gasteiger charge is 2.28. The van der Waals surface area contributed by atoms with E-state index in [1.54, 1.807) is 6.20 Å². The van der Waals surface area contributed by atoms with E-state index in [-0.39, 0.29) is 0 Å². The Morgan fingerprint density at radius 3 is 2.61 bits per heavy atom. The molecule has 2 aromatic heterocycles. The van der Waals surface area contributed by atoms with Gasteiger partial charge < -0.3 is 10.6 Å². The lowest BCUT2D eigenvalue weighted by atomic mass is 10.2. The molecule has 6 nitrogen and oxygen atoms in total. The van der Waals surface area contributed by atoms with Gasteiger partial charge in [-0.2, -0.15) is 15.0 Å². The summed E-state index contributed by atoms with van der Waals surface area (Å²) in [5.74, 6) is 3.40. The van der Waals surface area contributed by atoms with Gasteiger partial charge in [0, 0.05) is 18.8 Å². The molecule has 0 spiro atoms. The van der Waals surface area contributed by atoms with Gasteiger partial charge in [-0.3, -0.25) is 4.98 Å². The summed E-state index contributed by atoms with van der Waals surface area (Å²) in [7, 11) is 0. The lowest BCUT2D eigenvalue weighted by Gasteiger charge is -2.14. The van der Waals surface area contributed by atoms with E-state index in [1.807, 2.05) is 18.2 Å². The quantitative estimate of drug-likeness (QED) is 0.819. The standard InChI is InChI=1S/C17H22N6/c1-11(13-7-8-13)20-17-22-15(14-4-2-3-9-18-14)21-16(23-17)19-10-12-5-6-12/h2-4,9,11-13H,5-8,10H2,1H3,(H2,19,20,21,22,23). The van der Waals surface area contributed by atoms with E-state index < -0.39 is 0 Å². The van der Waals surface area contributed by atoms with E-state index in [4.69, 9.17) is 0 Å². The van der Waals surface area contributed by atoms with Crippen LogP contribution in [0.5, 0.6) is 0 Å². The Hall–Kier alpha value is -2.24. The predicted octanol–water partition coefficient (Wildman–Crippen LogP) is 2.97. The van der Waals surface area contributed by atoms with Crippen LogP contribution in [0.15, 0.2) is 24.4 Å². The summed E-state index contributed by atoms with van der Waals surface area (Å²) in [6.07, 6.45) is 6.94. The van der Waals surface area contributed by atoms with E-state index in [9.17, 15) is 0 Å². The Kier molecular flexibility index (Phi) is 3.81. The topological polar surface area (TPSA) is 75.6 Å². The Morgan fingerprint density at radius 2 is 1.91 bits per heavy atom. The van der Waals surface area contributed by atoms with Gasteiger partial charge in [0.15, 0.2) is 5.82 Å². The monoisotopic (exact) mass is 310 g/mol. The first-order chi connectivity index (χ1) is 11.3. The summed E-state index contributed by atoms with van der Waals surface area (Å²) in [4.78, 5) is 18.0. The van der Waals surface area contributed by atoms with Gasteiger partial charge in [0.25, 0.3) is 0 Å². The molecule has 6 heteroatoms. The Balaban J connectivity index is 1.59. The van der Waals surface area contributed by atoms with Crippen LogP contribution in [-0.4, -0.2) is 32.5 Å². The summed E-state index contributed by atoms with van der Waals surface area (Å²) in [5, 5.41) is 6.77. The zero-order valence-electron chi connectivity index (χ0n) is 13.4. The first-order valence-corrected chi connectivity index (χ1v) is 8.46. The molecule has 4 rings (SSSR count). The number of nitrogens with one attached hydrogen (secondary N) is 2. The molecule has 0 amide bonds. The number of aromatic nitrogens is 4. The van der Waals surface area contributed by atoms with Crippen molar-refractivity contribution in [2.24, 2.45) is 11.8 Å². The molecule has 2 aliphatic carbocycles. The number of anilines is 2. The van der Waals surface area contributed by atoms with Crippen LogP contribution in [0.2, 0.25) is 0 Å². The molecular formula is C17H22N6. The summed E-state index contributed by atoms with van der Waals surface area (Å²) < 4.78 is 0. The van der Waals surface area contributed by atoms with Gasteiger partial charge in [-0.05, 0) is 56.6 Å². The molecule has 2 saturated carbocycles. The molecule has 0 aromatic carbocycles. The zero-order chi connectivity index (χ0) is 15.6. The van der Waals surface area contributed by atoms with Gasteiger partial charge in [0.05, 0.1) is 0 Å². The molecule has 120 valence electrons. The molecule has 1 unspecified atom stereocenters. The molecule has 2 heterocycles. The van der Waals surface area contributed by atoms with Crippen LogP contribution in [0.1, 0.15) is 32.6 Å². The molecule has 0 bridgehead atoms. The molecular weight excluding hydrogens is 288 g/mol. The van der Waals surface area contributed by atoms with Crippen LogP contribution >= 0.6 is 0 Å². The molecule has 2 fully saturated rings. The van der Waals surface area contributed by atoms with Gasteiger partial charge in [0.2, 0.25) is 11.9 Å². The van der Waals surface area contributed by atoms with Crippen molar-refractivity contribution in [1.29, 1.82) is 0 Å². The fraction of sp³-hybridized carbons (Fsp3) is 0.529. The summed E-state index contributed by atoms with van der Waals surface area (Å²) in [6, 6.07) is 6.16. The highest BCUT2D eigenvalue weighted by Crippen LogP contribution is 2.33. The average Bonchev–Trinajstić information content (AvgIpc) is 3.47. The molecule has 1 atom stereocenters. The molecule has 0 aliphatic heterocycles. The predicted molar refractivity (Wildman–Crippen MR) is 90.1 cm³/mol. The first kappa shape index (κ1) is 14.4. The highest BCUT2D eigenvalue weighted by atomic mass is 15.2. The van der Waals surface area contributed by atoms with Crippen LogP contribution in [0.25, 0.3) is 11.5 Å². The van der Waals surface area contributed by atoms with Crippen molar-refractivity contribution < 1.29 is 0 Å². The third-order valence-electron chi connectivity index (χ3n) is 4.46. The Morgan fingerprint density at radius 1 is 1.09 bits per heavy atom. The lowest BCUT2D eigenvalue weighted by Crippen LogP contribution is -2.20. The smallest absolute Gasteiger partial charge is 0.228 e. The normalized spacial score (nSPS) is 18.5. The van der Waals surface area contributed by atoms with Gasteiger partial charge in [-0.1, -0.05) is 6.07 Å². The van der Waals surface area contributed by atoms with Crippen molar-refractivity contribution in [3.63, 3.8) is 0 Å². The van der Waals surface area contributed by atoms with Crippen molar-refractivity contribution in [3.8, 4) is 11.5 Å². The minimum absolute atomic E-state index is 0.394. The summed E-state index contributed by atoms with van der Waals surface area (Å²) in [5.41, 5.74) is 0.770. The third kappa shape index (κ3) is 3.75. The van der Waals surface area contributed by atoms with E-state index in [1.165, 1.54) is 25.7 Å². The SMILES string of the molecule is CC(Nc1nc(NCC2CC2)nc(-c2ccccn2)n1)C1CC1. The Labute approximate surface area is 136 Å². The third-order valence-corrected chi connectivity index (χ3v) is 4.46. The molecule has 2 aromatic rings. The fourth-order valence-electron chi connectivity index (χ4n) is 2.60. The van der Waals surface area contributed by atoms with Crippen molar-refractivity contribution in [1.82, 2.24) is 19.9 Å². The van der Waals surface area contributed by atoms with E-state index in [0.717, 1.165) is 24.1 Å². The van der Waals surface area contributed by atoms with Crippen molar-refractivity contribution in [2.45, 2.75) is 38.6 Å². The first-order valence-electron chi connectivity index (χ1n) is 8.46. The number of rotatable bonds is 7. The number of hydrogen-bond acceptors (Lipinski definition) is 6. The van der Waals surface area contributed by atoms with Crippen LogP contribution < -0.4 is 10.6 Å². The maximum atomic E-state index is 4.56. The van der Waals surface area contributed by atoms with Crippen LogP contribution in [0.3, 0.4) is 0 Å². The maximum absolute atomic E-state index is 4.56.